The van der Waals surface area contributed by atoms with Crippen LogP contribution in [0.2, 0.25) is 0 Å². The number of benzene rings is 17. The Hall–Kier alpha value is -14.3. The summed E-state index contributed by atoms with van der Waals surface area (Å²) >= 11 is 0. The molecule has 0 aliphatic carbocycles. The van der Waals surface area contributed by atoms with Crippen molar-refractivity contribution in [3.63, 3.8) is 0 Å². The highest BCUT2D eigenvalue weighted by molar-refractivity contribution is 7.05. The summed E-state index contributed by atoms with van der Waals surface area (Å²) in [5, 5.41) is -0.0323. The average Bonchev–Trinajstić information content (AvgIpc) is 1.42. The molecule has 9 heteroatoms. The van der Waals surface area contributed by atoms with Gasteiger partial charge in [-0.2, -0.15) is 0 Å². The zero-order valence-electron chi connectivity index (χ0n) is 88.8. The maximum absolute atomic E-state index is 11.3. The van der Waals surface area contributed by atoms with E-state index in [9.17, 15) is 27.4 Å². The Labute approximate surface area is 746 Å². The molecule has 582 valence electrons. The van der Waals surface area contributed by atoms with E-state index in [0.29, 0.717) is 50.7 Å². The lowest BCUT2D eigenvalue weighted by Gasteiger charge is -2.49. The minimum atomic E-state index is -1.53. The van der Waals surface area contributed by atoms with Crippen LogP contribution in [0.1, 0.15) is 106 Å². The Balaban J connectivity index is 0.982. The summed E-state index contributed by atoms with van der Waals surface area (Å²) in [6.07, 6.45) is 0. The molecule has 0 bridgehead atoms. The van der Waals surface area contributed by atoms with E-state index in [0.717, 1.165) is 61.2 Å². The number of nitrogens with zero attached hydrogens (tertiary/aromatic N) is 4. The van der Waals surface area contributed by atoms with Crippen LogP contribution in [0.4, 0.5) is 34.1 Å². The fourth-order valence-electron chi connectivity index (χ4n) is 20.4. The Morgan fingerprint density at radius 2 is 0.569 bits per heavy atom. The fourth-order valence-corrected chi connectivity index (χ4v) is 20.4. The van der Waals surface area contributed by atoms with E-state index in [2.05, 4.69) is 157 Å². The summed E-state index contributed by atoms with van der Waals surface area (Å²) in [6, 6.07) is 65.0. The van der Waals surface area contributed by atoms with Crippen LogP contribution >= 0.6 is 0 Å². The van der Waals surface area contributed by atoms with Crippen molar-refractivity contribution in [1.29, 1.82) is 0 Å². The number of hydrogen-bond donors (Lipinski definition) is 0. The molecule has 6 aliphatic rings. The number of anilines is 6. The zero-order valence-corrected chi connectivity index (χ0v) is 68.8. The molecule has 2 aromatic heterocycles. The van der Waals surface area contributed by atoms with Gasteiger partial charge in [-0.1, -0.05) is 329 Å². The lowest BCUT2D eigenvalue weighted by atomic mass is 9.28. The van der Waals surface area contributed by atoms with Gasteiger partial charge >= 0.3 is 0 Å². The van der Waals surface area contributed by atoms with Crippen molar-refractivity contribution in [3.8, 4) is 101 Å². The van der Waals surface area contributed by atoms with Crippen molar-refractivity contribution in [2.75, 3.05) is 9.80 Å². The number of ether oxygens (including phenoxy) is 2. The van der Waals surface area contributed by atoms with Gasteiger partial charge in [-0.15, -0.1) is 0 Å². The van der Waals surface area contributed by atoms with Gasteiger partial charge in [0.2, 0.25) is 0 Å². The predicted molar refractivity (Wildman–Crippen MR) is 520 cm³/mol. The Morgan fingerprint density at radius 3 is 0.919 bits per heavy atom. The third-order valence-electron chi connectivity index (χ3n) is 26.0. The van der Waals surface area contributed by atoms with Crippen molar-refractivity contribution < 1.29 is 36.9 Å². The normalized spacial score (nSPS) is 15.9. The second-order valence-corrected chi connectivity index (χ2v) is 36.2. The van der Waals surface area contributed by atoms with Crippen LogP contribution < -0.4 is 68.4 Å². The number of para-hydroxylation sites is 4. The van der Waals surface area contributed by atoms with Crippen molar-refractivity contribution in [2.45, 2.75) is 78.6 Å². The first-order valence-corrected chi connectivity index (χ1v) is 41.9. The van der Waals surface area contributed by atoms with E-state index in [1.54, 1.807) is 69.8 Å². The summed E-state index contributed by atoms with van der Waals surface area (Å²) in [5.74, 6) is -0.750. The molecule has 19 aromatic rings. The van der Waals surface area contributed by atoms with Gasteiger partial charge in [0.25, 0.3) is 20.1 Å². The molecule has 0 N–H and O–H groups in total. The third-order valence-corrected chi connectivity index (χ3v) is 26.0. The molecule has 25 rings (SSSR count). The number of rotatable bonds is 8. The SMILES string of the molecule is [2H]c1c([2H])c([2H])c2c(c1[2H])Oc1c3c(cc4c1B2c1c([2H])c(-c2ccccc2)c([2H])c2c5c([2H])c([2H])c([2H])c([2H])c5n-4c12)N(c1c(-c2ccccc2)cc(C(C)(C)C)cc1-c1ccccc1)c1cc(C(C)(C)C)cc2c1B3c1c(cc3c4c1Oc1c([2H])c([2H])c([2H])c([2H])c1B4c1c([2H])c(-c4ccccc4)c([2H])c4c5c([2H])c([2H])c([2H])c([2H])c5n-3c14)N2c1c(-c2ccccc2)cc(C(C)(C)C)cc1-c1ccccc1. The standard InChI is InChI=1S/C114H85B3N4O2/c1-112(2,3)76-60-81(70-40-20-12-21-41-70)106(82(61-76)71-42-22-13-23-43-71)120-93-64-78(114(7,8)9)65-94-101(93)117(104-97(120)66-95-102-110(104)122-99-54-34-30-50-87(99)115(102)89-58-74(68-36-16-10-17-37-68)56-85-79-48-28-32-52-91(79)118(95)108(85)89)105-98(121(94)107-83(72-44-24-14-25-45-72)62-77(113(4,5)6)63-84(107)73-46-26-15-27-47-73)67-96-103-111(105)123-100-55-35-31-51-88(100)116(103)90-59-75(69-38-18-11-19-39-69)57-86-80-49-29-33-53-92(80)119(96)109(86)90/h10-67H,1-9H3/i28D,29D,30D,31D,32D,33D,34D,35D,48D,49D,50D,51D,52D,53D,54D,55D,56D,57D,58D,59D. The summed E-state index contributed by atoms with van der Waals surface area (Å²) in [6.45, 7) is 15.0. The summed E-state index contributed by atoms with van der Waals surface area (Å²) in [7, 11) is 0. The van der Waals surface area contributed by atoms with E-state index in [1.807, 2.05) is 84.9 Å². The zero-order chi connectivity index (χ0) is 99.8. The van der Waals surface area contributed by atoms with Crippen LogP contribution in [0.15, 0.2) is 351 Å². The minimum Gasteiger partial charge on any atom is -0.459 e. The topological polar surface area (TPSA) is 34.8 Å². The minimum absolute atomic E-state index is 0.0377. The highest BCUT2D eigenvalue weighted by Crippen LogP contribution is 2.58. The lowest BCUT2D eigenvalue weighted by Crippen LogP contribution is -2.67. The molecule has 6 nitrogen and oxygen atoms in total. The van der Waals surface area contributed by atoms with E-state index >= 15 is 0 Å². The van der Waals surface area contributed by atoms with Crippen molar-refractivity contribution in [1.82, 2.24) is 9.13 Å². The van der Waals surface area contributed by atoms with Gasteiger partial charge in [-0.25, -0.2) is 0 Å². The summed E-state index contributed by atoms with van der Waals surface area (Å²) in [4.78, 5) is 4.51. The summed E-state index contributed by atoms with van der Waals surface area (Å²) < 4.78 is 227. The average molecular weight is 1600 g/mol. The van der Waals surface area contributed by atoms with Gasteiger partial charge in [0.05, 0.1) is 49.8 Å². The molecule has 0 unspecified atom stereocenters. The van der Waals surface area contributed by atoms with Crippen LogP contribution in [0.25, 0.3) is 122 Å². The Kier molecular flexibility index (Phi) is 11.5. The van der Waals surface area contributed by atoms with Gasteiger partial charge in [0.15, 0.2) is 0 Å². The molecular formula is C114H85B3N4O2. The summed E-state index contributed by atoms with van der Waals surface area (Å²) in [5.41, 5.74) is 12.4. The molecule has 0 atom stereocenters. The quantitative estimate of drug-likeness (QED) is 0.142. The maximum Gasteiger partial charge on any atom is 0.261 e. The molecule has 0 radical (unpaired) electrons. The molecule has 6 aliphatic heterocycles. The van der Waals surface area contributed by atoms with Crippen molar-refractivity contribution >= 4 is 147 Å². The second kappa shape index (κ2) is 26.1. The van der Waals surface area contributed by atoms with Crippen LogP contribution in [-0.2, 0) is 16.2 Å². The number of fused-ring (bicyclic) bond motifs is 20. The lowest BCUT2D eigenvalue weighted by molar-refractivity contribution is 0.490. The number of hydrogen-bond acceptors (Lipinski definition) is 4. The van der Waals surface area contributed by atoms with Gasteiger partial charge < -0.3 is 28.4 Å². The molecule has 17 aromatic carbocycles. The largest absolute Gasteiger partial charge is 0.459 e. The molecule has 0 saturated carbocycles. The van der Waals surface area contributed by atoms with Gasteiger partial charge in [-0.3, -0.25) is 0 Å². The highest BCUT2D eigenvalue weighted by Gasteiger charge is 2.55. The first-order valence-electron chi connectivity index (χ1n) is 51.9. The van der Waals surface area contributed by atoms with Crippen LogP contribution in [0, 0.1) is 0 Å². The molecule has 0 saturated heterocycles. The Morgan fingerprint density at radius 1 is 0.268 bits per heavy atom. The molecule has 0 spiro atoms. The smallest absolute Gasteiger partial charge is 0.261 e. The number of aromatic nitrogens is 2. The van der Waals surface area contributed by atoms with E-state index < -0.39 is 133 Å². The van der Waals surface area contributed by atoms with Crippen molar-refractivity contribution in [3.05, 3.63) is 368 Å². The van der Waals surface area contributed by atoms with E-state index in [4.69, 9.17) is 9.47 Å². The van der Waals surface area contributed by atoms with E-state index in [-0.39, 0.29) is 157 Å². The first kappa shape index (κ1) is 54.1. The van der Waals surface area contributed by atoms with Gasteiger partial charge in [-0.05, 0) is 211 Å². The van der Waals surface area contributed by atoms with Crippen LogP contribution in [0.3, 0.4) is 0 Å². The maximum atomic E-state index is 11.3. The second-order valence-electron chi connectivity index (χ2n) is 36.2. The highest BCUT2D eigenvalue weighted by atomic mass is 16.5. The fraction of sp³-hybridized carbons (Fsp3) is 0.105. The Bertz CT molecular complexity index is 8410. The van der Waals surface area contributed by atoms with Gasteiger partial charge in [0.1, 0.15) is 23.0 Å². The molecule has 123 heavy (non-hydrogen) atoms. The predicted octanol–water partition coefficient (Wildman–Crippen LogP) is 23.7. The third kappa shape index (κ3) is 10.4. The molecular weight excluding hydrogens is 1490 g/mol. The monoisotopic (exact) mass is 1590 g/mol. The van der Waals surface area contributed by atoms with E-state index in [1.165, 1.54) is 0 Å². The molecule has 8 heterocycles. The molecule has 0 fully saturated rings. The van der Waals surface area contributed by atoms with Crippen molar-refractivity contribution in [2.24, 2.45) is 0 Å². The van der Waals surface area contributed by atoms with Gasteiger partial charge in [0, 0.05) is 89.0 Å². The van der Waals surface area contributed by atoms with Crippen LogP contribution in [-0.4, -0.2) is 29.3 Å². The molecule has 0 amide bonds. The first-order chi connectivity index (χ1) is 68.3. The van der Waals surface area contributed by atoms with Crippen LogP contribution in [0.5, 0.6) is 23.0 Å².